The van der Waals surface area contributed by atoms with E-state index in [-0.39, 0.29) is 25.0 Å². The summed E-state index contributed by atoms with van der Waals surface area (Å²) in [5.41, 5.74) is -0.498. The van der Waals surface area contributed by atoms with E-state index in [1.54, 1.807) is 0 Å². The van der Waals surface area contributed by atoms with E-state index in [0.29, 0.717) is 6.54 Å². The monoisotopic (exact) mass is 304 g/mol. The molecule has 21 heavy (non-hydrogen) atoms. The molecule has 4 nitrogen and oxygen atoms in total. The van der Waals surface area contributed by atoms with Crippen molar-refractivity contribution >= 4 is 6.09 Å². The molecule has 0 atom stereocenters. The minimum absolute atomic E-state index is 0.0247. The summed E-state index contributed by atoms with van der Waals surface area (Å²) in [6.45, 7) is 5.87. The fourth-order valence-electron chi connectivity index (χ4n) is 3.13. The van der Waals surface area contributed by atoms with Gasteiger partial charge >= 0.3 is 6.09 Å². The molecule has 1 heterocycles. The quantitative estimate of drug-likeness (QED) is 0.852. The third-order valence-electron chi connectivity index (χ3n) is 4.13. The average Bonchev–Trinajstić information content (AvgIpc) is 2.68. The zero-order valence-electron chi connectivity index (χ0n) is 13.1. The van der Waals surface area contributed by atoms with E-state index in [0.717, 1.165) is 25.7 Å². The van der Waals surface area contributed by atoms with Crippen molar-refractivity contribution < 1.29 is 18.3 Å². The van der Waals surface area contributed by atoms with E-state index in [9.17, 15) is 13.6 Å². The summed E-state index contributed by atoms with van der Waals surface area (Å²) >= 11 is 0. The first-order valence-electron chi connectivity index (χ1n) is 7.76. The lowest BCUT2D eigenvalue weighted by molar-refractivity contribution is 0.00486. The second-order valence-corrected chi connectivity index (χ2v) is 7.23. The first-order valence-corrected chi connectivity index (χ1v) is 7.76. The number of ether oxygens (including phenoxy) is 1. The van der Waals surface area contributed by atoms with Crippen LogP contribution in [0.2, 0.25) is 0 Å². The number of nitrogens with one attached hydrogen (secondary N) is 1. The summed E-state index contributed by atoms with van der Waals surface area (Å²) in [4.78, 5) is 13.6. The fourth-order valence-corrected chi connectivity index (χ4v) is 3.13. The number of amides is 1. The molecule has 6 heteroatoms. The molecule has 1 N–H and O–H groups in total. The van der Waals surface area contributed by atoms with E-state index in [4.69, 9.17) is 4.74 Å². The number of alkyl carbamates (subject to hydrolysis) is 1. The minimum Gasteiger partial charge on any atom is -0.444 e. The van der Waals surface area contributed by atoms with Gasteiger partial charge in [-0.2, -0.15) is 0 Å². The highest BCUT2D eigenvalue weighted by Gasteiger charge is 2.41. The molecule has 1 saturated heterocycles. The van der Waals surface area contributed by atoms with Crippen LogP contribution in [0, 0.1) is 0 Å². The van der Waals surface area contributed by atoms with E-state index < -0.39 is 17.6 Å². The SMILES string of the molecule is CC(C)(C)OC(=O)NC1CCC(N2CCC(F)(F)C2)CC1. The number of halogens is 2. The van der Waals surface area contributed by atoms with Crippen molar-refractivity contribution in [2.75, 3.05) is 13.1 Å². The Morgan fingerprint density at radius 1 is 1.24 bits per heavy atom. The van der Waals surface area contributed by atoms with Crippen LogP contribution in [0.25, 0.3) is 0 Å². The van der Waals surface area contributed by atoms with Gasteiger partial charge in [-0.1, -0.05) is 0 Å². The van der Waals surface area contributed by atoms with Gasteiger partial charge in [0.25, 0.3) is 5.92 Å². The summed E-state index contributed by atoms with van der Waals surface area (Å²) in [7, 11) is 0. The highest BCUT2D eigenvalue weighted by atomic mass is 19.3. The predicted molar refractivity (Wildman–Crippen MR) is 76.6 cm³/mol. The first kappa shape index (κ1) is 16.5. The van der Waals surface area contributed by atoms with Crippen molar-refractivity contribution in [3.63, 3.8) is 0 Å². The molecule has 1 aliphatic carbocycles. The Bertz CT molecular complexity index is 374. The highest BCUT2D eigenvalue weighted by molar-refractivity contribution is 5.68. The zero-order valence-corrected chi connectivity index (χ0v) is 13.1. The molecule has 2 fully saturated rings. The number of carbonyl (C=O) groups excluding carboxylic acids is 1. The standard InChI is InChI=1S/C15H26F2N2O2/c1-14(2,3)21-13(20)18-11-4-6-12(7-5-11)19-9-8-15(16,17)10-19/h11-12H,4-10H2,1-3H3,(H,18,20). The van der Waals surface area contributed by atoms with Gasteiger partial charge in [0.05, 0.1) is 6.54 Å². The van der Waals surface area contributed by atoms with Crippen LogP contribution in [-0.2, 0) is 4.74 Å². The number of alkyl halides is 2. The number of carbonyl (C=O) groups is 1. The topological polar surface area (TPSA) is 41.6 Å². The Kier molecular flexibility index (Phi) is 4.76. The molecule has 1 amide bonds. The van der Waals surface area contributed by atoms with Gasteiger partial charge in [-0.05, 0) is 46.5 Å². The Balaban J connectivity index is 1.72. The van der Waals surface area contributed by atoms with Gasteiger partial charge in [0.1, 0.15) is 5.60 Å². The van der Waals surface area contributed by atoms with Crippen molar-refractivity contribution in [3.8, 4) is 0 Å². The highest BCUT2D eigenvalue weighted by Crippen LogP contribution is 2.32. The Hall–Kier alpha value is -0.910. The normalized spacial score (nSPS) is 30.1. The molecular formula is C15H26F2N2O2. The summed E-state index contributed by atoms with van der Waals surface area (Å²) in [6, 6.07) is 0.328. The maximum Gasteiger partial charge on any atom is 0.407 e. The van der Waals surface area contributed by atoms with Crippen LogP contribution in [0.4, 0.5) is 13.6 Å². The van der Waals surface area contributed by atoms with Crippen molar-refractivity contribution in [1.82, 2.24) is 10.2 Å². The third-order valence-corrected chi connectivity index (χ3v) is 4.13. The molecule has 0 unspecified atom stereocenters. The molecule has 0 bridgehead atoms. The Labute approximate surface area is 125 Å². The van der Waals surface area contributed by atoms with Crippen LogP contribution >= 0.6 is 0 Å². The molecule has 1 aliphatic heterocycles. The molecule has 0 aromatic heterocycles. The van der Waals surface area contributed by atoms with E-state index >= 15 is 0 Å². The maximum atomic E-state index is 13.2. The third kappa shape index (κ3) is 5.09. The second-order valence-electron chi connectivity index (χ2n) is 7.23. The smallest absolute Gasteiger partial charge is 0.407 e. The van der Waals surface area contributed by atoms with Gasteiger partial charge < -0.3 is 10.1 Å². The second kappa shape index (κ2) is 6.07. The Morgan fingerprint density at radius 2 is 1.86 bits per heavy atom. The molecule has 0 spiro atoms. The number of hydrogen-bond acceptors (Lipinski definition) is 3. The number of nitrogens with zero attached hydrogens (tertiary/aromatic N) is 1. The Morgan fingerprint density at radius 3 is 2.33 bits per heavy atom. The predicted octanol–water partition coefficient (Wildman–Crippen LogP) is 3.16. The lowest BCUT2D eigenvalue weighted by Crippen LogP contribution is -2.45. The van der Waals surface area contributed by atoms with Gasteiger partial charge in [-0.15, -0.1) is 0 Å². The molecule has 1 saturated carbocycles. The molecule has 0 aromatic carbocycles. The number of likely N-dealkylation sites (tertiary alicyclic amines) is 1. The maximum absolute atomic E-state index is 13.2. The molecule has 2 aliphatic rings. The minimum atomic E-state index is -2.52. The van der Waals surface area contributed by atoms with E-state index in [1.807, 2.05) is 25.7 Å². The molecule has 0 aromatic rings. The largest absolute Gasteiger partial charge is 0.444 e. The van der Waals surface area contributed by atoms with Crippen molar-refractivity contribution in [3.05, 3.63) is 0 Å². The number of hydrogen-bond donors (Lipinski definition) is 1. The summed E-state index contributed by atoms with van der Waals surface area (Å²) in [6.07, 6.45) is 2.95. The summed E-state index contributed by atoms with van der Waals surface area (Å²) < 4.78 is 31.7. The molecule has 122 valence electrons. The van der Waals surface area contributed by atoms with Gasteiger partial charge in [0.2, 0.25) is 0 Å². The molecule has 0 radical (unpaired) electrons. The molecular weight excluding hydrogens is 278 g/mol. The van der Waals surface area contributed by atoms with Crippen molar-refractivity contribution in [2.45, 2.75) is 76.5 Å². The first-order chi connectivity index (χ1) is 9.65. The lowest BCUT2D eigenvalue weighted by Gasteiger charge is -2.35. The van der Waals surface area contributed by atoms with Crippen LogP contribution in [-0.4, -0.2) is 47.7 Å². The van der Waals surface area contributed by atoms with Crippen molar-refractivity contribution in [2.24, 2.45) is 0 Å². The summed E-state index contributed by atoms with van der Waals surface area (Å²) in [5, 5.41) is 2.87. The van der Waals surface area contributed by atoms with Crippen LogP contribution in [0.5, 0.6) is 0 Å². The van der Waals surface area contributed by atoms with Crippen molar-refractivity contribution in [1.29, 1.82) is 0 Å². The van der Waals surface area contributed by atoms with Gasteiger partial charge in [0, 0.05) is 25.0 Å². The average molecular weight is 304 g/mol. The van der Waals surface area contributed by atoms with E-state index in [1.165, 1.54) is 0 Å². The number of rotatable bonds is 2. The van der Waals surface area contributed by atoms with Crippen LogP contribution in [0.3, 0.4) is 0 Å². The molecule has 2 rings (SSSR count). The van der Waals surface area contributed by atoms with Crippen LogP contribution in [0.15, 0.2) is 0 Å². The van der Waals surface area contributed by atoms with Gasteiger partial charge in [-0.25, -0.2) is 13.6 Å². The van der Waals surface area contributed by atoms with Crippen LogP contribution < -0.4 is 5.32 Å². The van der Waals surface area contributed by atoms with Gasteiger partial charge in [-0.3, -0.25) is 4.90 Å². The summed E-state index contributed by atoms with van der Waals surface area (Å²) in [5.74, 6) is -2.52. The van der Waals surface area contributed by atoms with Gasteiger partial charge in [0.15, 0.2) is 0 Å². The fraction of sp³-hybridized carbons (Fsp3) is 0.933. The van der Waals surface area contributed by atoms with Crippen LogP contribution in [0.1, 0.15) is 52.9 Å². The van der Waals surface area contributed by atoms with E-state index in [2.05, 4.69) is 5.32 Å². The zero-order chi connectivity index (χ0) is 15.7. The lowest BCUT2D eigenvalue weighted by atomic mass is 9.90.